The first-order valence-electron chi connectivity index (χ1n) is 8.72. The van der Waals surface area contributed by atoms with Crippen molar-refractivity contribution in [3.8, 4) is 5.69 Å². The fourth-order valence-electron chi connectivity index (χ4n) is 2.86. The molecule has 0 aliphatic carbocycles. The van der Waals surface area contributed by atoms with E-state index in [0.717, 1.165) is 23.8 Å². The highest BCUT2D eigenvalue weighted by molar-refractivity contribution is 5.95. The van der Waals surface area contributed by atoms with Gasteiger partial charge in [0.05, 0.1) is 23.0 Å². The number of carbonyl (C=O) groups excluding carboxylic acids is 1. The molecule has 0 saturated carbocycles. The Morgan fingerprint density at radius 1 is 0.933 bits per heavy atom. The first-order chi connectivity index (χ1) is 14.1. The number of alkyl halides is 6. The Morgan fingerprint density at radius 2 is 1.63 bits per heavy atom. The maximum atomic E-state index is 13.6. The number of aromatic nitrogens is 2. The van der Waals surface area contributed by atoms with Crippen molar-refractivity contribution in [2.24, 2.45) is 0 Å². The van der Waals surface area contributed by atoms with Gasteiger partial charge in [-0.2, -0.15) is 31.4 Å². The number of benzene rings is 2. The number of nitrogens with one attached hydrogen (secondary N) is 1. The molecule has 3 aromatic rings. The lowest BCUT2D eigenvalue weighted by atomic mass is 10.1. The number of halogens is 6. The second kappa shape index (κ2) is 8.21. The molecule has 0 aliphatic rings. The van der Waals surface area contributed by atoms with Gasteiger partial charge >= 0.3 is 12.4 Å². The van der Waals surface area contributed by atoms with E-state index >= 15 is 0 Å². The molecule has 0 radical (unpaired) electrons. The standard InChI is InChI=1S/C20H15F6N3O/c21-19(22,23)14-7-4-8-15(11-14)29-17(20(24,25)26)16(12-28-29)18(30)27-10-9-13-5-2-1-3-6-13/h1-8,11-12H,9-10H2,(H,27,30). The number of carbonyl (C=O) groups is 1. The largest absolute Gasteiger partial charge is 0.434 e. The van der Waals surface area contributed by atoms with Gasteiger partial charge in [-0.15, -0.1) is 0 Å². The van der Waals surface area contributed by atoms with Gasteiger partial charge in [-0.25, -0.2) is 4.68 Å². The quantitative estimate of drug-likeness (QED) is 0.590. The lowest BCUT2D eigenvalue weighted by Crippen LogP contribution is -2.28. The summed E-state index contributed by atoms with van der Waals surface area (Å²) in [5.41, 5.74) is -2.92. The van der Waals surface area contributed by atoms with E-state index in [2.05, 4.69) is 10.4 Å². The minimum atomic E-state index is -5.02. The van der Waals surface area contributed by atoms with Crippen molar-refractivity contribution in [1.82, 2.24) is 15.1 Å². The first kappa shape index (κ1) is 21.4. The second-order valence-corrected chi connectivity index (χ2v) is 6.36. The molecule has 3 rings (SSSR count). The predicted octanol–water partition coefficient (Wildman–Crippen LogP) is 4.88. The molecule has 0 bridgehead atoms. The molecule has 4 nitrogen and oxygen atoms in total. The van der Waals surface area contributed by atoms with Gasteiger partial charge < -0.3 is 5.32 Å². The molecule has 0 atom stereocenters. The summed E-state index contributed by atoms with van der Waals surface area (Å²) in [7, 11) is 0. The van der Waals surface area contributed by atoms with Gasteiger partial charge in [0, 0.05) is 6.54 Å². The minimum Gasteiger partial charge on any atom is -0.352 e. The van der Waals surface area contributed by atoms with Gasteiger partial charge in [0.2, 0.25) is 0 Å². The van der Waals surface area contributed by atoms with Gasteiger partial charge in [-0.1, -0.05) is 36.4 Å². The summed E-state index contributed by atoms with van der Waals surface area (Å²) >= 11 is 0. The summed E-state index contributed by atoms with van der Waals surface area (Å²) < 4.78 is 80.0. The van der Waals surface area contributed by atoms with Gasteiger partial charge in [-0.3, -0.25) is 4.79 Å². The molecule has 0 saturated heterocycles. The van der Waals surface area contributed by atoms with Crippen LogP contribution < -0.4 is 5.32 Å². The Kier molecular flexibility index (Phi) is 5.86. The van der Waals surface area contributed by atoms with Crippen LogP contribution >= 0.6 is 0 Å². The third-order valence-electron chi connectivity index (χ3n) is 4.24. The zero-order valence-electron chi connectivity index (χ0n) is 15.3. The molecular formula is C20H15F6N3O. The van der Waals surface area contributed by atoms with Gasteiger partial charge in [-0.05, 0) is 30.2 Å². The molecule has 1 aromatic heterocycles. The van der Waals surface area contributed by atoms with Crippen molar-refractivity contribution in [1.29, 1.82) is 0 Å². The lowest BCUT2D eigenvalue weighted by molar-refractivity contribution is -0.143. The van der Waals surface area contributed by atoms with Crippen molar-refractivity contribution in [2.75, 3.05) is 6.54 Å². The molecule has 0 spiro atoms. The average Bonchev–Trinajstić information content (AvgIpc) is 3.14. The fourth-order valence-corrected chi connectivity index (χ4v) is 2.86. The van der Waals surface area contributed by atoms with Crippen LogP contribution in [0.1, 0.15) is 27.2 Å². The number of amides is 1. The monoisotopic (exact) mass is 427 g/mol. The highest BCUT2D eigenvalue weighted by Gasteiger charge is 2.41. The zero-order valence-corrected chi connectivity index (χ0v) is 15.3. The first-order valence-corrected chi connectivity index (χ1v) is 8.72. The van der Waals surface area contributed by atoms with Crippen molar-refractivity contribution in [3.05, 3.63) is 83.2 Å². The summed E-state index contributed by atoms with van der Waals surface area (Å²) in [5, 5.41) is 5.92. The van der Waals surface area contributed by atoms with Crippen molar-refractivity contribution in [2.45, 2.75) is 18.8 Å². The number of hydrogen-bond donors (Lipinski definition) is 1. The Morgan fingerprint density at radius 3 is 2.27 bits per heavy atom. The molecule has 0 unspecified atom stereocenters. The number of rotatable bonds is 5. The molecule has 1 heterocycles. The van der Waals surface area contributed by atoms with E-state index in [-0.39, 0.29) is 6.54 Å². The number of nitrogens with zero attached hydrogens (tertiary/aromatic N) is 2. The van der Waals surface area contributed by atoms with Gasteiger partial charge in [0.15, 0.2) is 5.69 Å². The Labute approximate surface area is 167 Å². The highest BCUT2D eigenvalue weighted by atomic mass is 19.4. The van der Waals surface area contributed by atoms with Crippen LogP contribution in [0, 0.1) is 0 Å². The van der Waals surface area contributed by atoms with E-state index in [1.54, 1.807) is 30.3 Å². The topological polar surface area (TPSA) is 46.9 Å². The van der Waals surface area contributed by atoms with E-state index < -0.39 is 40.8 Å². The van der Waals surface area contributed by atoms with Crippen molar-refractivity contribution in [3.63, 3.8) is 0 Å². The molecule has 158 valence electrons. The third kappa shape index (κ3) is 4.81. The van der Waals surface area contributed by atoms with Crippen molar-refractivity contribution >= 4 is 5.91 Å². The minimum absolute atomic E-state index is 0.0783. The van der Waals surface area contributed by atoms with E-state index in [9.17, 15) is 31.1 Å². The van der Waals surface area contributed by atoms with Crippen LogP contribution in [-0.4, -0.2) is 22.2 Å². The summed E-state index contributed by atoms with van der Waals surface area (Å²) in [5.74, 6) is -1.02. The van der Waals surface area contributed by atoms with E-state index in [1.807, 2.05) is 0 Å². The van der Waals surface area contributed by atoms with Crippen LogP contribution in [0.25, 0.3) is 5.69 Å². The molecule has 10 heteroatoms. The normalized spacial score (nSPS) is 12.1. The average molecular weight is 427 g/mol. The molecule has 1 N–H and O–H groups in total. The number of hydrogen-bond acceptors (Lipinski definition) is 2. The molecule has 1 amide bonds. The van der Waals surface area contributed by atoms with Crippen molar-refractivity contribution < 1.29 is 31.1 Å². The van der Waals surface area contributed by atoms with Gasteiger partial charge in [0.1, 0.15) is 0 Å². The SMILES string of the molecule is O=C(NCCc1ccccc1)c1cnn(-c2cccc(C(F)(F)F)c2)c1C(F)(F)F. The zero-order chi connectivity index (χ0) is 21.9. The predicted molar refractivity (Wildman–Crippen MR) is 96.0 cm³/mol. The smallest absolute Gasteiger partial charge is 0.352 e. The molecular weight excluding hydrogens is 412 g/mol. The Hall–Kier alpha value is -3.30. The molecule has 30 heavy (non-hydrogen) atoms. The Balaban J connectivity index is 1.88. The van der Waals surface area contributed by atoms with Crippen LogP contribution in [-0.2, 0) is 18.8 Å². The van der Waals surface area contributed by atoms with E-state index in [4.69, 9.17) is 0 Å². The van der Waals surface area contributed by atoms with E-state index in [0.29, 0.717) is 23.4 Å². The van der Waals surface area contributed by atoms with E-state index in [1.165, 1.54) is 0 Å². The summed E-state index contributed by atoms with van der Waals surface area (Å²) in [6.07, 6.45) is -8.66. The van der Waals surface area contributed by atoms with Crippen LogP contribution in [0.4, 0.5) is 26.3 Å². The molecule has 0 aliphatic heterocycles. The van der Waals surface area contributed by atoms with Crippen LogP contribution in [0.5, 0.6) is 0 Å². The fraction of sp³-hybridized carbons (Fsp3) is 0.200. The maximum Gasteiger partial charge on any atom is 0.434 e. The summed E-state index contributed by atoms with van der Waals surface area (Å²) in [6.45, 7) is 0.0783. The van der Waals surface area contributed by atoms with Gasteiger partial charge in [0.25, 0.3) is 5.91 Å². The summed E-state index contributed by atoms with van der Waals surface area (Å²) in [6, 6.07) is 12.3. The van der Waals surface area contributed by atoms with Crippen LogP contribution in [0.2, 0.25) is 0 Å². The molecule has 0 fully saturated rings. The molecule has 2 aromatic carbocycles. The summed E-state index contributed by atoms with van der Waals surface area (Å²) in [4.78, 5) is 12.3. The Bertz CT molecular complexity index is 1030. The maximum absolute atomic E-state index is 13.6. The van der Waals surface area contributed by atoms with Crippen LogP contribution in [0.15, 0.2) is 60.8 Å². The third-order valence-corrected chi connectivity index (χ3v) is 4.24. The highest BCUT2D eigenvalue weighted by Crippen LogP contribution is 2.35. The van der Waals surface area contributed by atoms with Crippen LogP contribution in [0.3, 0.4) is 0 Å². The lowest BCUT2D eigenvalue weighted by Gasteiger charge is -2.14. The second-order valence-electron chi connectivity index (χ2n) is 6.36.